The minimum atomic E-state index is -0.390. The van der Waals surface area contributed by atoms with E-state index in [-0.39, 0.29) is 5.69 Å². The molecule has 0 aliphatic carbocycles. The minimum absolute atomic E-state index is 0.0513. The molecule has 0 atom stereocenters. The summed E-state index contributed by atoms with van der Waals surface area (Å²) < 4.78 is 5.58. The predicted octanol–water partition coefficient (Wildman–Crippen LogP) is 5.41. The van der Waals surface area contributed by atoms with E-state index in [4.69, 9.17) is 4.74 Å². The number of halogens is 1. The smallest absolute Gasteiger partial charge is 0.310 e. The van der Waals surface area contributed by atoms with E-state index in [0.29, 0.717) is 12.4 Å². The third-order valence-corrected chi connectivity index (χ3v) is 3.91. The van der Waals surface area contributed by atoms with E-state index in [0.717, 1.165) is 23.7 Å². The number of hydrogen-bond donors (Lipinski definition) is 0. The fourth-order valence-corrected chi connectivity index (χ4v) is 2.55. The highest BCUT2D eigenvalue weighted by Gasteiger charge is 2.14. The number of ether oxygens (including phenoxy) is 1. The Labute approximate surface area is 135 Å². The maximum atomic E-state index is 10.9. The number of nitro groups is 1. The summed E-state index contributed by atoms with van der Waals surface area (Å²) in [5.74, 6) is 0.386. The first kappa shape index (κ1) is 18.0. The van der Waals surface area contributed by atoms with Gasteiger partial charge in [-0.1, -0.05) is 54.1 Å². The molecule has 1 aromatic rings. The van der Waals surface area contributed by atoms with Crippen molar-refractivity contribution in [3.8, 4) is 5.75 Å². The molecular formula is C16H24BrNO3. The lowest BCUT2D eigenvalue weighted by Crippen LogP contribution is -2.01. The Morgan fingerprint density at radius 2 is 1.71 bits per heavy atom. The van der Waals surface area contributed by atoms with Crippen LogP contribution in [0.15, 0.2) is 18.2 Å². The van der Waals surface area contributed by atoms with E-state index in [1.807, 2.05) is 6.92 Å². The second-order valence-electron chi connectivity index (χ2n) is 5.24. The summed E-state index contributed by atoms with van der Waals surface area (Å²) in [6.45, 7) is 2.45. The first-order valence-corrected chi connectivity index (χ1v) is 8.71. The molecule has 0 aliphatic heterocycles. The van der Waals surface area contributed by atoms with Crippen molar-refractivity contribution in [3.05, 3.63) is 33.9 Å². The third kappa shape index (κ3) is 7.46. The van der Waals surface area contributed by atoms with Crippen molar-refractivity contribution in [1.29, 1.82) is 0 Å². The molecule has 1 rings (SSSR count). The molecule has 0 radical (unpaired) electrons. The summed E-state index contributed by atoms with van der Waals surface area (Å²) in [6.07, 6.45) is 8.36. The third-order valence-electron chi connectivity index (χ3n) is 3.35. The van der Waals surface area contributed by atoms with Crippen molar-refractivity contribution in [2.45, 2.75) is 51.9 Å². The summed E-state index contributed by atoms with van der Waals surface area (Å²) in [4.78, 5) is 10.5. The average molecular weight is 358 g/mol. The molecule has 0 N–H and O–H groups in total. The van der Waals surface area contributed by atoms with Crippen molar-refractivity contribution in [3.63, 3.8) is 0 Å². The fourth-order valence-electron chi connectivity index (χ4n) is 2.15. The van der Waals surface area contributed by atoms with E-state index in [1.54, 1.807) is 12.1 Å². The standard InChI is InChI=1S/C16H24BrNO3/c1-14-9-10-15(18(19)20)16(13-14)21-12-8-6-4-2-3-5-7-11-17/h9-10,13H,2-8,11-12H2,1H3. The topological polar surface area (TPSA) is 52.4 Å². The van der Waals surface area contributed by atoms with Gasteiger partial charge in [-0.05, 0) is 31.4 Å². The zero-order chi connectivity index (χ0) is 15.5. The highest BCUT2D eigenvalue weighted by molar-refractivity contribution is 9.09. The van der Waals surface area contributed by atoms with Gasteiger partial charge in [-0.15, -0.1) is 0 Å². The maximum Gasteiger partial charge on any atom is 0.310 e. The largest absolute Gasteiger partial charge is 0.487 e. The molecule has 118 valence electrons. The molecule has 1 aromatic carbocycles. The summed E-state index contributed by atoms with van der Waals surface area (Å²) in [5.41, 5.74) is 1.03. The minimum Gasteiger partial charge on any atom is -0.487 e. The van der Waals surface area contributed by atoms with Gasteiger partial charge in [0.05, 0.1) is 11.5 Å². The van der Waals surface area contributed by atoms with E-state index in [2.05, 4.69) is 15.9 Å². The number of nitrogens with zero attached hydrogens (tertiary/aromatic N) is 1. The second kappa shape index (κ2) is 10.6. The Hall–Kier alpha value is -1.10. The van der Waals surface area contributed by atoms with Crippen LogP contribution in [0.1, 0.15) is 50.5 Å². The molecule has 0 saturated carbocycles. The number of nitro benzene ring substituents is 1. The fraction of sp³-hybridized carbons (Fsp3) is 0.625. The van der Waals surface area contributed by atoms with Crippen molar-refractivity contribution in [2.24, 2.45) is 0 Å². The molecule has 0 aromatic heterocycles. The lowest BCUT2D eigenvalue weighted by molar-refractivity contribution is -0.385. The van der Waals surface area contributed by atoms with Gasteiger partial charge >= 0.3 is 5.69 Å². The number of aryl methyl sites for hydroxylation is 1. The van der Waals surface area contributed by atoms with Crippen LogP contribution in [-0.2, 0) is 0 Å². The zero-order valence-electron chi connectivity index (χ0n) is 12.6. The van der Waals surface area contributed by atoms with E-state index in [9.17, 15) is 10.1 Å². The van der Waals surface area contributed by atoms with E-state index in [1.165, 1.54) is 38.2 Å². The van der Waals surface area contributed by atoms with Gasteiger partial charge in [0, 0.05) is 11.4 Å². The number of rotatable bonds is 11. The SMILES string of the molecule is Cc1ccc([N+](=O)[O-])c(OCCCCCCCCCBr)c1. The van der Waals surface area contributed by atoms with Gasteiger partial charge in [0.1, 0.15) is 0 Å². The normalized spacial score (nSPS) is 10.6. The van der Waals surface area contributed by atoms with Crippen LogP contribution in [0.5, 0.6) is 5.75 Å². The van der Waals surface area contributed by atoms with Gasteiger partial charge in [-0.2, -0.15) is 0 Å². The van der Waals surface area contributed by atoms with E-state index < -0.39 is 4.92 Å². The van der Waals surface area contributed by atoms with Crippen molar-refractivity contribution < 1.29 is 9.66 Å². The Morgan fingerprint density at radius 3 is 2.33 bits per heavy atom. The van der Waals surface area contributed by atoms with Gasteiger partial charge in [0.2, 0.25) is 0 Å². The molecule has 0 heterocycles. The Kier molecular flexibility index (Phi) is 9.06. The van der Waals surface area contributed by atoms with Gasteiger partial charge < -0.3 is 4.74 Å². The summed E-state index contributed by atoms with van der Waals surface area (Å²) in [7, 11) is 0. The van der Waals surface area contributed by atoms with Gasteiger partial charge in [0.15, 0.2) is 5.75 Å². The van der Waals surface area contributed by atoms with Gasteiger partial charge in [-0.25, -0.2) is 0 Å². The highest BCUT2D eigenvalue weighted by atomic mass is 79.9. The second-order valence-corrected chi connectivity index (χ2v) is 6.03. The molecule has 4 nitrogen and oxygen atoms in total. The Bertz CT molecular complexity index is 438. The van der Waals surface area contributed by atoms with Crippen LogP contribution in [0, 0.1) is 17.0 Å². The van der Waals surface area contributed by atoms with Gasteiger partial charge in [0.25, 0.3) is 0 Å². The zero-order valence-corrected chi connectivity index (χ0v) is 14.2. The molecular weight excluding hydrogens is 334 g/mol. The summed E-state index contributed by atoms with van der Waals surface area (Å²) in [6, 6.07) is 4.98. The molecule has 0 amide bonds. The van der Waals surface area contributed by atoms with Crippen LogP contribution >= 0.6 is 15.9 Å². The molecule has 0 aliphatic rings. The molecule has 21 heavy (non-hydrogen) atoms. The number of unbranched alkanes of at least 4 members (excludes halogenated alkanes) is 6. The monoisotopic (exact) mass is 357 g/mol. The summed E-state index contributed by atoms with van der Waals surface area (Å²) >= 11 is 3.43. The molecule has 0 fully saturated rings. The van der Waals surface area contributed by atoms with E-state index >= 15 is 0 Å². The molecule has 0 saturated heterocycles. The highest BCUT2D eigenvalue weighted by Crippen LogP contribution is 2.27. The average Bonchev–Trinajstić information content (AvgIpc) is 2.45. The molecule has 5 heteroatoms. The van der Waals surface area contributed by atoms with Crippen LogP contribution in [0.3, 0.4) is 0 Å². The first-order valence-electron chi connectivity index (χ1n) is 7.59. The van der Waals surface area contributed by atoms with Gasteiger partial charge in [-0.3, -0.25) is 10.1 Å². The van der Waals surface area contributed by atoms with Crippen LogP contribution in [0.25, 0.3) is 0 Å². The molecule has 0 unspecified atom stereocenters. The first-order chi connectivity index (χ1) is 10.1. The molecule has 0 spiro atoms. The van der Waals surface area contributed by atoms with Crippen LogP contribution < -0.4 is 4.74 Å². The van der Waals surface area contributed by atoms with Crippen molar-refractivity contribution in [1.82, 2.24) is 0 Å². The Morgan fingerprint density at radius 1 is 1.10 bits per heavy atom. The van der Waals surface area contributed by atoms with Crippen LogP contribution in [-0.4, -0.2) is 16.9 Å². The molecule has 0 bridgehead atoms. The quantitative estimate of drug-likeness (QED) is 0.230. The summed E-state index contributed by atoms with van der Waals surface area (Å²) in [5, 5.41) is 12.0. The number of alkyl halides is 1. The lowest BCUT2D eigenvalue weighted by atomic mass is 10.1. The number of benzene rings is 1. The van der Waals surface area contributed by atoms with Crippen molar-refractivity contribution >= 4 is 21.6 Å². The van der Waals surface area contributed by atoms with Crippen LogP contribution in [0.2, 0.25) is 0 Å². The maximum absolute atomic E-state index is 10.9. The predicted molar refractivity (Wildman–Crippen MR) is 89.4 cm³/mol. The van der Waals surface area contributed by atoms with Crippen LogP contribution in [0.4, 0.5) is 5.69 Å². The number of hydrogen-bond acceptors (Lipinski definition) is 3. The Balaban J connectivity index is 2.21. The van der Waals surface area contributed by atoms with Crippen molar-refractivity contribution in [2.75, 3.05) is 11.9 Å². The lowest BCUT2D eigenvalue weighted by Gasteiger charge is -2.07.